The lowest BCUT2D eigenvalue weighted by molar-refractivity contribution is 0.340. The van der Waals surface area contributed by atoms with Crippen molar-refractivity contribution in [3.8, 4) is 17.2 Å². The van der Waals surface area contributed by atoms with Gasteiger partial charge in [-0.05, 0) is 34.7 Å². The molecule has 25 heavy (non-hydrogen) atoms. The number of rotatable bonds is 6. The largest absolute Gasteiger partial charge is 0.502 e. The van der Waals surface area contributed by atoms with E-state index in [2.05, 4.69) is 25.9 Å². The first kappa shape index (κ1) is 16.2. The summed E-state index contributed by atoms with van der Waals surface area (Å²) in [6.45, 7) is 0. The number of nitrogens with one attached hydrogen (secondary N) is 1. The molecule has 0 aliphatic carbocycles. The van der Waals surface area contributed by atoms with Crippen molar-refractivity contribution in [3.63, 3.8) is 0 Å². The van der Waals surface area contributed by atoms with Gasteiger partial charge in [0.25, 0.3) is 5.95 Å². The molecule has 2 aromatic carbocycles. The maximum Gasteiger partial charge on any atom is 0.269 e. The smallest absolute Gasteiger partial charge is 0.269 e. The number of para-hydroxylation sites is 1. The van der Waals surface area contributed by atoms with Crippen molar-refractivity contribution < 1.29 is 14.6 Å². The number of methoxy groups -OCH3 is 2. The molecule has 0 bridgehead atoms. The summed E-state index contributed by atoms with van der Waals surface area (Å²) in [5.74, 6) is 0.844. The van der Waals surface area contributed by atoms with Crippen LogP contribution in [-0.2, 0) is 0 Å². The topological polar surface area (TPSA) is 107 Å². The van der Waals surface area contributed by atoms with Gasteiger partial charge in [-0.15, -0.1) is 0 Å². The van der Waals surface area contributed by atoms with Crippen LogP contribution >= 0.6 is 0 Å². The maximum atomic E-state index is 9.93. The summed E-state index contributed by atoms with van der Waals surface area (Å²) in [6.07, 6.45) is 1.52. The predicted octanol–water partition coefficient (Wildman–Crippen LogP) is 2.02. The van der Waals surface area contributed by atoms with E-state index >= 15 is 0 Å². The van der Waals surface area contributed by atoms with Gasteiger partial charge in [0.15, 0.2) is 11.5 Å². The lowest BCUT2D eigenvalue weighted by atomic mass is 10.2. The molecule has 1 heterocycles. The molecule has 0 spiro atoms. The number of phenolic OH excluding ortho intramolecular Hbond substituents is 1. The van der Waals surface area contributed by atoms with Gasteiger partial charge in [-0.1, -0.05) is 28.1 Å². The van der Waals surface area contributed by atoms with Crippen LogP contribution in [0.2, 0.25) is 0 Å². The van der Waals surface area contributed by atoms with Gasteiger partial charge in [0.1, 0.15) is 0 Å². The number of tetrazole rings is 1. The van der Waals surface area contributed by atoms with Gasteiger partial charge in [-0.3, -0.25) is 0 Å². The summed E-state index contributed by atoms with van der Waals surface area (Å²) >= 11 is 0. The fraction of sp³-hybridized carbons (Fsp3) is 0.125. The van der Waals surface area contributed by atoms with E-state index in [-0.39, 0.29) is 17.2 Å². The SMILES string of the molecule is COc1cc(C=Nn2nnnc2Nc2ccccc2)cc(OC)c1O. The van der Waals surface area contributed by atoms with Crippen LogP contribution in [0, 0.1) is 0 Å². The van der Waals surface area contributed by atoms with Gasteiger partial charge in [0, 0.05) is 11.3 Å². The summed E-state index contributed by atoms with van der Waals surface area (Å²) in [6, 6.07) is 12.7. The van der Waals surface area contributed by atoms with Crippen LogP contribution < -0.4 is 14.8 Å². The molecule has 0 aliphatic heterocycles. The second-order valence-corrected chi connectivity index (χ2v) is 4.90. The molecule has 0 amide bonds. The van der Waals surface area contributed by atoms with Crippen molar-refractivity contribution in [1.29, 1.82) is 0 Å². The number of aromatic nitrogens is 4. The van der Waals surface area contributed by atoms with Gasteiger partial charge in [-0.2, -0.15) is 5.10 Å². The summed E-state index contributed by atoms with van der Waals surface area (Å²) < 4.78 is 10.2. The average Bonchev–Trinajstić information content (AvgIpc) is 3.08. The summed E-state index contributed by atoms with van der Waals surface area (Å²) in [7, 11) is 2.91. The monoisotopic (exact) mass is 340 g/mol. The number of anilines is 2. The molecule has 1 aromatic heterocycles. The summed E-state index contributed by atoms with van der Waals surface area (Å²) in [5.41, 5.74) is 1.48. The zero-order chi connectivity index (χ0) is 17.6. The second-order valence-electron chi connectivity index (χ2n) is 4.90. The second kappa shape index (κ2) is 7.30. The van der Waals surface area contributed by atoms with Crippen LogP contribution in [0.4, 0.5) is 11.6 Å². The van der Waals surface area contributed by atoms with E-state index in [0.29, 0.717) is 11.5 Å². The molecule has 0 aliphatic rings. The van der Waals surface area contributed by atoms with Crippen LogP contribution in [0.15, 0.2) is 47.6 Å². The molecule has 128 valence electrons. The minimum absolute atomic E-state index is 0.0731. The molecule has 3 aromatic rings. The minimum Gasteiger partial charge on any atom is -0.502 e. The highest BCUT2D eigenvalue weighted by molar-refractivity contribution is 5.82. The van der Waals surface area contributed by atoms with Gasteiger partial charge in [-0.25, -0.2) is 0 Å². The molecule has 9 heteroatoms. The highest BCUT2D eigenvalue weighted by atomic mass is 16.5. The number of benzene rings is 2. The zero-order valence-electron chi connectivity index (χ0n) is 13.6. The molecule has 0 saturated carbocycles. The molecular formula is C16H16N6O3. The molecule has 0 unspecified atom stereocenters. The van der Waals surface area contributed by atoms with E-state index in [4.69, 9.17) is 9.47 Å². The quantitative estimate of drug-likeness (QED) is 0.661. The number of hydrogen-bond acceptors (Lipinski definition) is 8. The van der Waals surface area contributed by atoms with Crippen LogP contribution in [0.5, 0.6) is 17.2 Å². The Morgan fingerprint density at radius 2 is 1.80 bits per heavy atom. The molecule has 0 atom stereocenters. The molecule has 2 N–H and O–H groups in total. The summed E-state index contributed by atoms with van der Waals surface area (Å²) in [4.78, 5) is 1.25. The first-order chi connectivity index (χ1) is 12.2. The Labute approximate surface area is 143 Å². The zero-order valence-corrected chi connectivity index (χ0v) is 13.6. The number of nitrogens with zero attached hydrogens (tertiary/aromatic N) is 5. The Balaban J connectivity index is 1.85. The highest BCUT2D eigenvalue weighted by Crippen LogP contribution is 2.36. The number of phenols is 1. The lowest BCUT2D eigenvalue weighted by Crippen LogP contribution is -2.01. The van der Waals surface area contributed by atoms with Crippen LogP contribution in [0.1, 0.15) is 5.56 Å². The fourth-order valence-electron chi connectivity index (χ4n) is 2.10. The number of ether oxygens (including phenoxy) is 2. The third-order valence-corrected chi connectivity index (χ3v) is 3.30. The number of aromatic hydroxyl groups is 1. The maximum absolute atomic E-state index is 9.93. The van der Waals surface area contributed by atoms with Crippen LogP contribution in [0.25, 0.3) is 0 Å². The van der Waals surface area contributed by atoms with Crippen molar-refractivity contribution in [1.82, 2.24) is 20.3 Å². The Bertz CT molecular complexity index is 854. The molecule has 0 fully saturated rings. The highest BCUT2D eigenvalue weighted by Gasteiger charge is 2.11. The standard InChI is InChI=1S/C16H16N6O3/c1-24-13-8-11(9-14(25-2)15(13)23)10-17-22-16(19-20-21-22)18-12-6-4-3-5-7-12/h3-10,23H,1-2H3,(H,18,19,21). The first-order valence-corrected chi connectivity index (χ1v) is 7.31. The van der Waals surface area contributed by atoms with E-state index in [9.17, 15) is 5.11 Å². The van der Waals surface area contributed by atoms with Crippen molar-refractivity contribution in [3.05, 3.63) is 48.0 Å². The van der Waals surface area contributed by atoms with Gasteiger partial charge in [0.05, 0.1) is 20.4 Å². The van der Waals surface area contributed by atoms with Gasteiger partial charge >= 0.3 is 0 Å². The lowest BCUT2D eigenvalue weighted by Gasteiger charge is -2.09. The summed E-state index contributed by atoms with van der Waals surface area (Å²) in [5, 5.41) is 28.5. The molecular weight excluding hydrogens is 324 g/mol. The van der Waals surface area contributed by atoms with Crippen molar-refractivity contribution in [2.75, 3.05) is 19.5 Å². The predicted molar refractivity (Wildman–Crippen MR) is 91.7 cm³/mol. The molecule has 0 radical (unpaired) electrons. The Kier molecular flexibility index (Phi) is 4.74. The van der Waals surface area contributed by atoms with E-state index in [0.717, 1.165) is 5.69 Å². The molecule has 9 nitrogen and oxygen atoms in total. The van der Waals surface area contributed by atoms with E-state index in [1.807, 2.05) is 30.3 Å². The number of hydrogen-bond donors (Lipinski definition) is 2. The third kappa shape index (κ3) is 3.66. The average molecular weight is 340 g/mol. The van der Waals surface area contributed by atoms with Crippen molar-refractivity contribution >= 4 is 17.9 Å². The van der Waals surface area contributed by atoms with Crippen LogP contribution in [0.3, 0.4) is 0 Å². The van der Waals surface area contributed by atoms with E-state index in [1.165, 1.54) is 25.2 Å². The minimum atomic E-state index is -0.0731. The fourth-order valence-corrected chi connectivity index (χ4v) is 2.10. The third-order valence-electron chi connectivity index (χ3n) is 3.30. The van der Waals surface area contributed by atoms with Crippen molar-refractivity contribution in [2.45, 2.75) is 0 Å². The van der Waals surface area contributed by atoms with Gasteiger partial charge in [0.2, 0.25) is 5.75 Å². The van der Waals surface area contributed by atoms with E-state index in [1.54, 1.807) is 12.1 Å². The van der Waals surface area contributed by atoms with Gasteiger partial charge < -0.3 is 19.9 Å². The Hall–Kier alpha value is -3.62. The van der Waals surface area contributed by atoms with E-state index < -0.39 is 0 Å². The molecule has 0 saturated heterocycles. The van der Waals surface area contributed by atoms with Crippen molar-refractivity contribution in [2.24, 2.45) is 5.10 Å². The van der Waals surface area contributed by atoms with Crippen LogP contribution in [-0.4, -0.2) is 45.9 Å². The molecule has 3 rings (SSSR count). The Morgan fingerprint density at radius 3 is 2.44 bits per heavy atom. The normalized spacial score (nSPS) is 10.8. The first-order valence-electron chi connectivity index (χ1n) is 7.31. The Morgan fingerprint density at radius 1 is 1.12 bits per heavy atom.